The summed E-state index contributed by atoms with van der Waals surface area (Å²) in [4.78, 5) is 32.1. The molecule has 3 aliphatic rings. The van der Waals surface area contributed by atoms with Crippen molar-refractivity contribution in [2.45, 2.75) is 37.8 Å². The average molecular weight is 325 g/mol. The minimum Gasteiger partial charge on any atom is -0.374 e. The number of ether oxygens (including phenoxy) is 1. The summed E-state index contributed by atoms with van der Waals surface area (Å²) in [5.41, 5.74) is -0.0754. The number of rotatable bonds is 3. The molecule has 6 heteroatoms. The number of nitrogens with zero attached hydrogens (tertiary/aromatic N) is 1. The Morgan fingerprint density at radius 2 is 2.21 bits per heavy atom. The predicted molar refractivity (Wildman–Crippen MR) is 87.3 cm³/mol. The lowest BCUT2D eigenvalue weighted by atomic mass is 9.68. The maximum Gasteiger partial charge on any atom is 0.258 e. The fraction of sp³-hybridized carbons (Fsp3) is 0.500. The molecular weight excluding hydrogens is 306 g/mol. The summed E-state index contributed by atoms with van der Waals surface area (Å²) in [6.07, 6.45) is 4.05. The van der Waals surface area contributed by atoms with E-state index in [4.69, 9.17) is 4.74 Å². The first kappa shape index (κ1) is 14.2. The van der Waals surface area contributed by atoms with Gasteiger partial charge in [-0.25, -0.2) is 4.98 Å². The largest absolute Gasteiger partial charge is 0.374 e. The number of aromatic amines is 1. The van der Waals surface area contributed by atoms with Crippen LogP contribution in [0.25, 0.3) is 10.9 Å². The molecule has 2 heterocycles. The number of carbonyl (C=O) groups is 1. The molecular formula is C18H19N3O3. The molecule has 6 nitrogen and oxygen atoms in total. The SMILES string of the molecule is O=C(NCc1nc2ccccc2c(=O)[nH]1)[C@]12C[C@H]1COC21CCC1. The second kappa shape index (κ2) is 4.66. The van der Waals surface area contributed by atoms with Gasteiger partial charge in [0.2, 0.25) is 5.91 Å². The molecule has 124 valence electrons. The lowest BCUT2D eigenvalue weighted by Gasteiger charge is -2.44. The molecule has 5 rings (SSSR count). The van der Waals surface area contributed by atoms with Crippen molar-refractivity contribution in [2.24, 2.45) is 11.3 Å². The smallest absolute Gasteiger partial charge is 0.258 e. The van der Waals surface area contributed by atoms with E-state index in [1.807, 2.05) is 12.1 Å². The van der Waals surface area contributed by atoms with E-state index in [2.05, 4.69) is 15.3 Å². The van der Waals surface area contributed by atoms with E-state index >= 15 is 0 Å². The second-order valence-electron chi connectivity index (χ2n) is 7.24. The van der Waals surface area contributed by atoms with Gasteiger partial charge in [-0.2, -0.15) is 0 Å². The molecule has 1 aromatic carbocycles. The average Bonchev–Trinajstić information content (AvgIpc) is 3.19. The summed E-state index contributed by atoms with van der Waals surface area (Å²) in [5, 5.41) is 3.55. The van der Waals surface area contributed by atoms with Gasteiger partial charge < -0.3 is 15.0 Å². The van der Waals surface area contributed by atoms with Crippen LogP contribution >= 0.6 is 0 Å². The fourth-order valence-corrected chi connectivity index (χ4v) is 4.59. The molecule has 1 spiro atoms. The standard InChI is InChI=1S/C18H19N3O3/c22-15-12-4-1-2-5-13(12)20-14(21-15)9-19-16(23)18-8-11(18)10-24-17(18)6-3-7-17/h1-2,4-5,11H,3,6-10H2,(H,19,23)(H,20,21,22)/t11-,18-/m0/s1. The van der Waals surface area contributed by atoms with E-state index in [1.54, 1.807) is 12.1 Å². The number of para-hydroxylation sites is 1. The van der Waals surface area contributed by atoms with Crippen LogP contribution in [-0.4, -0.2) is 28.1 Å². The molecule has 3 fully saturated rings. The molecule has 1 aromatic heterocycles. The number of benzene rings is 1. The third kappa shape index (κ3) is 1.72. The zero-order valence-corrected chi connectivity index (χ0v) is 13.3. The van der Waals surface area contributed by atoms with Crippen LogP contribution in [0.3, 0.4) is 0 Å². The summed E-state index contributed by atoms with van der Waals surface area (Å²) in [5.74, 6) is 0.907. The van der Waals surface area contributed by atoms with Crippen molar-refractivity contribution in [1.82, 2.24) is 15.3 Å². The minimum atomic E-state index is -0.331. The van der Waals surface area contributed by atoms with Gasteiger partial charge in [0.15, 0.2) is 0 Å². The summed E-state index contributed by atoms with van der Waals surface area (Å²) in [6, 6.07) is 7.21. The Bertz CT molecular complexity index is 902. The van der Waals surface area contributed by atoms with Crippen LogP contribution in [0.5, 0.6) is 0 Å². The van der Waals surface area contributed by atoms with E-state index in [9.17, 15) is 9.59 Å². The highest BCUT2D eigenvalue weighted by molar-refractivity contribution is 5.88. The molecule has 2 N–H and O–H groups in total. The van der Waals surface area contributed by atoms with Crippen LogP contribution in [0.15, 0.2) is 29.1 Å². The summed E-state index contributed by atoms with van der Waals surface area (Å²) in [7, 11) is 0. The lowest BCUT2D eigenvalue weighted by molar-refractivity contribution is -0.149. The fourth-order valence-electron chi connectivity index (χ4n) is 4.59. The first-order valence-electron chi connectivity index (χ1n) is 8.55. The summed E-state index contributed by atoms with van der Waals surface area (Å²) >= 11 is 0. The van der Waals surface area contributed by atoms with Crippen molar-refractivity contribution in [3.63, 3.8) is 0 Å². The normalized spacial score (nSPS) is 29.2. The number of hydrogen-bond donors (Lipinski definition) is 2. The molecule has 1 amide bonds. The van der Waals surface area contributed by atoms with Gasteiger partial charge in [0.25, 0.3) is 5.56 Å². The van der Waals surface area contributed by atoms with E-state index in [0.717, 1.165) is 25.7 Å². The van der Waals surface area contributed by atoms with E-state index in [-0.39, 0.29) is 29.0 Å². The third-order valence-electron chi connectivity index (χ3n) is 6.12. The monoisotopic (exact) mass is 325 g/mol. The lowest BCUT2D eigenvalue weighted by Crippen LogP contribution is -2.52. The van der Waals surface area contributed by atoms with Crippen molar-refractivity contribution >= 4 is 16.8 Å². The molecule has 0 radical (unpaired) electrons. The van der Waals surface area contributed by atoms with Crippen molar-refractivity contribution in [3.8, 4) is 0 Å². The Kier molecular flexibility index (Phi) is 2.75. The van der Waals surface area contributed by atoms with Crippen LogP contribution in [0.4, 0.5) is 0 Å². The summed E-state index contributed by atoms with van der Waals surface area (Å²) in [6.45, 7) is 0.946. The van der Waals surface area contributed by atoms with Crippen LogP contribution in [0.2, 0.25) is 0 Å². The van der Waals surface area contributed by atoms with E-state index in [1.165, 1.54) is 0 Å². The molecule has 2 saturated carbocycles. The van der Waals surface area contributed by atoms with Crippen molar-refractivity contribution in [3.05, 3.63) is 40.4 Å². The van der Waals surface area contributed by atoms with E-state index < -0.39 is 0 Å². The minimum absolute atomic E-state index is 0.0560. The van der Waals surface area contributed by atoms with Gasteiger partial charge in [-0.1, -0.05) is 12.1 Å². The van der Waals surface area contributed by atoms with Crippen LogP contribution < -0.4 is 10.9 Å². The topological polar surface area (TPSA) is 84.1 Å². The summed E-state index contributed by atoms with van der Waals surface area (Å²) < 4.78 is 5.96. The van der Waals surface area contributed by atoms with Crippen molar-refractivity contribution in [1.29, 1.82) is 0 Å². The molecule has 1 saturated heterocycles. The zero-order chi connectivity index (χ0) is 16.4. The number of fused-ring (bicyclic) bond motifs is 3. The molecule has 2 atom stereocenters. The molecule has 2 aliphatic carbocycles. The maximum absolute atomic E-state index is 12.8. The molecule has 24 heavy (non-hydrogen) atoms. The Morgan fingerprint density at radius 3 is 2.96 bits per heavy atom. The third-order valence-corrected chi connectivity index (χ3v) is 6.12. The van der Waals surface area contributed by atoms with Gasteiger partial charge in [0.1, 0.15) is 5.82 Å². The van der Waals surface area contributed by atoms with Gasteiger partial charge in [0.05, 0.1) is 35.1 Å². The van der Waals surface area contributed by atoms with Crippen LogP contribution in [0, 0.1) is 11.3 Å². The molecule has 0 unspecified atom stereocenters. The number of hydrogen-bond acceptors (Lipinski definition) is 4. The highest BCUT2D eigenvalue weighted by Gasteiger charge is 2.77. The zero-order valence-electron chi connectivity index (χ0n) is 13.3. The van der Waals surface area contributed by atoms with Crippen molar-refractivity contribution < 1.29 is 9.53 Å². The number of amides is 1. The quantitative estimate of drug-likeness (QED) is 0.896. The van der Waals surface area contributed by atoms with Crippen LogP contribution in [0.1, 0.15) is 31.5 Å². The van der Waals surface area contributed by atoms with Gasteiger partial charge in [-0.3, -0.25) is 9.59 Å². The second-order valence-corrected chi connectivity index (χ2v) is 7.24. The Morgan fingerprint density at radius 1 is 1.38 bits per heavy atom. The number of carbonyl (C=O) groups excluding carboxylic acids is 1. The first-order chi connectivity index (χ1) is 11.6. The highest BCUT2D eigenvalue weighted by Crippen LogP contribution is 2.71. The molecule has 2 aromatic rings. The van der Waals surface area contributed by atoms with Gasteiger partial charge >= 0.3 is 0 Å². The Labute approximate surface area is 138 Å². The number of aromatic nitrogens is 2. The first-order valence-corrected chi connectivity index (χ1v) is 8.55. The molecule has 0 bridgehead atoms. The predicted octanol–water partition coefficient (Wildman–Crippen LogP) is 1.50. The Balaban J connectivity index is 1.37. The van der Waals surface area contributed by atoms with Crippen molar-refractivity contribution in [2.75, 3.05) is 6.61 Å². The highest BCUT2D eigenvalue weighted by atomic mass is 16.5. The van der Waals surface area contributed by atoms with E-state index in [0.29, 0.717) is 29.3 Å². The van der Waals surface area contributed by atoms with Gasteiger partial charge in [0, 0.05) is 5.92 Å². The van der Waals surface area contributed by atoms with Gasteiger partial charge in [-0.05, 0) is 37.8 Å². The number of H-pyrrole nitrogens is 1. The Hall–Kier alpha value is -2.21. The maximum atomic E-state index is 12.8. The van der Waals surface area contributed by atoms with Crippen LogP contribution in [-0.2, 0) is 16.1 Å². The molecule has 1 aliphatic heterocycles. The van der Waals surface area contributed by atoms with Gasteiger partial charge in [-0.15, -0.1) is 0 Å². The number of nitrogens with one attached hydrogen (secondary N) is 2.